The molecule has 2 aromatic carbocycles. The number of nitrogens with zero attached hydrogens (tertiary/aromatic N) is 1. The molecule has 0 aliphatic carbocycles. The van der Waals surface area contributed by atoms with E-state index in [0.29, 0.717) is 16.1 Å². The van der Waals surface area contributed by atoms with Gasteiger partial charge in [-0.1, -0.05) is 29.3 Å². The summed E-state index contributed by atoms with van der Waals surface area (Å²) >= 11 is 11.7. The van der Waals surface area contributed by atoms with Crippen molar-refractivity contribution in [2.75, 3.05) is 0 Å². The molecule has 6 heteroatoms. The molecule has 0 radical (unpaired) electrons. The van der Waals surface area contributed by atoms with E-state index in [-0.39, 0.29) is 16.5 Å². The van der Waals surface area contributed by atoms with E-state index in [0.717, 1.165) is 0 Å². The molecule has 0 saturated carbocycles. The number of benzene rings is 2. The molecule has 0 bridgehead atoms. The molecule has 0 unspecified atom stereocenters. The maximum Gasteiger partial charge on any atom is 0.269 e. The van der Waals surface area contributed by atoms with Crippen molar-refractivity contribution in [1.29, 1.82) is 0 Å². The number of ketones is 1. The van der Waals surface area contributed by atoms with Gasteiger partial charge >= 0.3 is 0 Å². The van der Waals surface area contributed by atoms with Crippen molar-refractivity contribution in [2.24, 2.45) is 0 Å². The van der Waals surface area contributed by atoms with Gasteiger partial charge < -0.3 is 0 Å². The first-order valence-corrected chi connectivity index (χ1v) is 6.65. The molecule has 0 aromatic heterocycles. The van der Waals surface area contributed by atoms with E-state index < -0.39 is 4.92 Å². The third-order valence-corrected chi connectivity index (χ3v) is 3.28. The number of carbonyl (C=O) groups is 1. The van der Waals surface area contributed by atoms with Gasteiger partial charge in [0.1, 0.15) is 0 Å². The molecule has 0 amide bonds. The Bertz CT molecular complexity index is 724. The number of nitro benzene ring substituents is 1. The number of allylic oxidation sites excluding steroid dienone is 1. The van der Waals surface area contributed by atoms with Crippen molar-refractivity contribution in [3.63, 3.8) is 0 Å². The summed E-state index contributed by atoms with van der Waals surface area (Å²) in [6, 6.07) is 10.5. The maximum absolute atomic E-state index is 12.0. The van der Waals surface area contributed by atoms with Crippen LogP contribution in [0, 0.1) is 10.1 Å². The minimum absolute atomic E-state index is 0.000720. The summed E-state index contributed by atoms with van der Waals surface area (Å²) in [5.41, 5.74) is 1.03. The van der Waals surface area contributed by atoms with Crippen LogP contribution in [0.4, 0.5) is 5.69 Å². The zero-order valence-electron chi connectivity index (χ0n) is 10.6. The average Bonchev–Trinajstić information content (AvgIpc) is 2.45. The van der Waals surface area contributed by atoms with Crippen LogP contribution in [0.15, 0.2) is 48.5 Å². The summed E-state index contributed by atoms with van der Waals surface area (Å²) in [6.45, 7) is 0. The van der Waals surface area contributed by atoms with Crippen molar-refractivity contribution in [2.45, 2.75) is 0 Å². The molecule has 106 valence electrons. The van der Waals surface area contributed by atoms with Crippen molar-refractivity contribution in [3.8, 4) is 0 Å². The van der Waals surface area contributed by atoms with Crippen LogP contribution in [0.3, 0.4) is 0 Å². The molecule has 4 nitrogen and oxygen atoms in total. The van der Waals surface area contributed by atoms with Crippen molar-refractivity contribution in [3.05, 3.63) is 79.8 Å². The summed E-state index contributed by atoms with van der Waals surface area (Å²) in [7, 11) is 0. The predicted molar refractivity (Wildman–Crippen MR) is 82.9 cm³/mol. The van der Waals surface area contributed by atoms with Crippen molar-refractivity contribution >= 4 is 40.7 Å². The minimum Gasteiger partial charge on any atom is -0.289 e. The average molecular weight is 322 g/mol. The number of halogens is 2. The van der Waals surface area contributed by atoms with E-state index in [4.69, 9.17) is 23.2 Å². The Hall–Kier alpha value is -2.17. The van der Waals surface area contributed by atoms with E-state index in [9.17, 15) is 14.9 Å². The fraction of sp³-hybridized carbons (Fsp3) is 0. The Kier molecular flexibility index (Phi) is 4.73. The third kappa shape index (κ3) is 3.90. The van der Waals surface area contributed by atoms with Gasteiger partial charge in [0.25, 0.3) is 5.69 Å². The molecule has 2 aromatic rings. The van der Waals surface area contributed by atoms with E-state index in [2.05, 4.69) is 0 Å². The summed E-state index contributed by atoms with van der Waals surface area (Å²) in [6.07, 6.45) is 2.92. The minimum atomic E-state index is -0.480. The van der Waals surface area contributed by atoms with Gasteiger partial charge in [0.15, 0.2) is 5.78 Å². The van der Waals surface area contributed by atoms with Gasteiger partial charge in [-0.2, -0.15) is 0 Å². The van der Waals surface area contributed by atoms with Crippen LogP contribution >= 0.6 is 23.2 Å². The lowest BCUT2D eigenvalue weighted by Gasteiger charge is -2.00. The zero-order chi connectivity index (χ0) is 15.4. The van der Waals surface area contributed by atoms with Crippen LogP contribution in [0.25, 0.3) is 6.08 Å². The SMILES string of the molecule is O=C(C=Cc1ccc([N+](=O)[O-])cc1)c1ccc(Cl)cc1Cl. The highest BCUT2D eigenvalue weighted by atomic mass is 35.5. The molecule has 0 aliphatic rings. The van der Waals surface area contributed by atoms with E-state index in [1.165, 1.54) is 24.3 Å². The second kappa shape index (κ2) is 6.52. The topological polar surface area (TPSA) is 60.2 Å². The van der Waals surface area contributed by atoms with Crippen LogP contribution in [0.5, 0.6) is 0 Å². The molecule has 0 N–H and O–H groups in total. The number of rotatable bonds is 4. The quantitative estimate of drug-likeness (QED) is 0.352. The number of hydrogen-bond donors (Lipinski definition) is 0. The molecule has 0 spiro atoms. The highest BCUT2D eigenvalue weighted by molar-refractivity contribution is 6.37. The molecule has 0 aliphatic heterocycles. The standard InChI is InChI=1S/C15H9Cl2NO3/c16-11-4-7-13(14(17)9-11)15(19)8-3-10-1-5-12(6-2-10)18(20)21/h1-9H. The number of nitro groups is 1. The first-order valence-electron chi connectivity index (χ1n) is 5.89. The van der Waals surface area contributed by atoms with Crippen molar-refractivity contribution < 1.29 is 9.72 Å². The first kappa shape index (κ1) is 15.2. The number of hydrogen-bond acceptors (Lipinski definition) is 3. The van der Waals surface area contributed by atoms with Gasteiger partial charge in [-0.05, 0) is 42.0 Å². The second-order valence-electron chi connectivity index (χ2n) is 4.17. The Labute approximate surface area is 130 Å². The highest BCUT2D eigenvalue weighted by Gasteiger charge is 2.08. The second-order valence-corrected chi connectivity index (χ2v) is 5.01. The largest absolute Gasteiger partial charge is 0.289 e. The van der Waals surface area contributed by atoms with Crippen LogP contribution in [0.2, 0.25) is 10.0 Å². The molecule has 0 fully saturated rings. The molecule has 0 saturated heterocycles. The third-order valence-electron chi connectivity index (χ3n) is 2.73. The summed E-state index contributed by atoms with van der Waals surface area (Å²) in [5, 5.41) is 11.3. The molecular weight excluding hydrogens is 313 g/mol. The number of carbonyl (C=O) groups excluding carboxylic acids is 1. The molecule has 2 rings (SSSR count). The van der Waals surface area contributed by atoms with E-state index >= 15 is 0 Å². The van der Waals surface area contributed by atoms with Gasteiger partial charge in [-0.15, -0.1) is 0 Å². The lowest BCUT2D eigenvalue weighted by Crippen LogP contribution is -1.95. The Morgan fingerprint density at radius 1 is 1.10 bits per heavy atom. The van der Waals surface area contributed by atoms with E-state index in [1.54, 1.807) is 30.3 Å². The highest BCUT2D eigenvalue weighted by Crippen LogP contribution is 2.22. The van der Waals surface area contributed by atoms with Gasteiger partial charge in [0.05, 0.1) is 9.95 Å². The zero-order valence-corrected chi connectivity index (χ0v) is 12.1. The van der Waals surface area contributed by atoms with Gasteiger partial charge in [-0.25, -0.2) is 0 Å². The predicted octanol–water partition coefficient (Wildman–Crippen LogP) is 4.80. The van der Waals surface area contributed by atoms with Crippen LogP contribution < -0.4 is 0 Å². The molecule has 0 heterocycles. The van der Waals surface area contributed by atoms with Gasteiger partial charge in [0, 0.05) is 22.7 Å². The van der Waals surface area contributed by atoms with Crippen LogP contribution in [-0.4, -0.2) is 10.7 Å². The normalized spacial score (nSPS) is 10.8. The fourth-order valence-electron chi connectivity index (χ4n) is 1.66. The van der Waals surface area contributed by atoms with Gasteiger partial charge in [-0.3, -0.25) is 14.9 Å². The lowest BCUT2D eigenvalue weighted by molar-refractivity contribution is -0.384. The smallest absolute Gasteiger partial charge is 0.269 e. The Morgan fingerprint density at radius 2 is 1.76 bits per heavy atom. The monoisotopic (exact) mass is 321 g/mol. The first-order chi connectivity index (χ1) is 9.97. The Balaban J connectivity index is 2.16. The van der Waals surface area contributed by atoms with Crippen LogP contribution in [-0.2, 0) is 0 Å². The van der Waals surface area contributed by atoms with Crippen LogP contribution in [0.1, 0.15) is 15.9 Å². The summed E-state index contributed by atoms with van der Waals surface area (Å²) in [4.78, 5) is 22.1. The number of non-ortho nitro benzene ring substituents is 1. The van der Waals surface area contributed by atoms with Gasteiger partial charge in [0.2, 0.25) is 0 Å². The summed E-state index contributed by atoms with van der Waals surface area (Å²) in [5.74, 6) is -0.269. The fourth-order valence-corrected chi connectivity index (χ4v) is 2.16. The Morgan fingerprint density at radius 3 is 2.33 bits per heavy atom. The molecule has 21 heavy (non-hydrogen) atoms. The van der Waals surface area contributed by atoms with E-state index in [1.807, 2.05) is 0 Å². The molecule has 0 atom stereocenters. The maximum atomic E-state index is 12.0. The summed E-state index contributed by atoms with van der Waals surface area (Å²) < 4.78 is 0. The van der Waals surface area contributed by atoms with Crippen molar-refractivity contribution in [1.82, 2.24) is 0 Å². The molecular formula is C15H9Cl2NO3. The lowest BCUT2D eigenvalue weighted by atomic mass is 10.1.